The summed E-state index contributed by atoms with van der Waals surface area (Å²) in [7, 11) is 1.67. The van der Waals surface area contributed by atoms with Gasteiger partial charge < -0.3 is 19.7 Å². The molecule has 0 radical (unpaired) electrons. The maximum absolute atomic E-state index is 12.2. The Kier molecular flexibility index (Phi) is 6.10. The molecule has 0 aliphatic carbocycles. The first-order valence-corrected chi connectivity index (χ1v) is 8.66. The highest BCUT2D eigenvalue weighted by atomic mass is 16.6. The van der Waals surface area contributed by atoms with E-state index < -0.39 is 5.60 Å². The van der Waals surface area contributed by atoms with Gasteiger partial charge in [-0.1, -0.05) is 12.1 Å². The van der Waals surface area contributed by atoms with E-state index in [9.17, 15) is 4.79 Å². The van der Waals surface area contributed by atoms with Gasteiger partial charge in [-0.3, -0.25) is 0 Å². The first-order chi connectivity index (χ1) is 11.3. The van der Waals surface area contributed by atoms with Gasteiger partial charge in [0.25, 0.3) is 0 Å². The number of ether oxygens (including phenoxy) is 2. The van der Waals surface area contributed by atoms with Crippen molar-refractivity contribution in [1.29, 1.82) is 0 Å². The smallest absolute Gasteiger partial charge is 0.410 e. The molecule has 1 aromatic carbocycles. The molecule has 1 aliphatic heterocycles. The van der Waals surface area contributed by atoms with Gasteiger partial charge in [0, 0.05) is 25.2 Å². The first-order valence-electron chi connectivity index (χ1n) is 8.66. The molecule has 24 heavy (non-hydrogen) atoms. The van der Waals surface area contributed by atoms with Crippen LogP contribution in [0.2, 0.25) is 0 Å². The van der Waals surface area contributed by atoms with E-state index in [1.54, 1.807) is 7.11 Å². The number of hydrogen-bond donors (Lipinski definition) is 1. The molecule has 1 saturated heterocycles. The fourth-order valence-electron chi connectivity index (χ4n) is 2.95. The summed E-state index contributed by atoms with van der Waals surface area (Å²) in [6.45, 7) is 9.30. The van der Waals surface area contributed by atoms with Gasteiger partial charge in [0.1, 0.15) is 11.4 Å². The molecule has 134 valence electrons. The van der Waals surface area contributed by atoms with Gasteiger partial charge in [-0.05, 0) is 58.2 Å². The van der Waals surface area contributed by atoms with Gasteiger partial charge in [0.2, 0.25) is 0 Å². The van der Waals surface area contributed by atoms with Gasteiger partial charge in [0.15, 0.2) is 0 Å². The molecule has 0 unspecified atom stereocenters. The Morgan fingerprint density at radius 1 is 1.29 bits per heavy atom. The summed E-state index contributed by atoms with van der Waals surface area (Å²) in [5.74, 6) is 0.861. The largest absolute Gasteiger partial charge is 0.497 e. The van der Waals surface area contributed by atoms with Crippen molar-refractivity contribution in [2.75, 3.05) is 20.2 Å². The summed E-state index contributed by atoms with van der Waals surface area (Å²) in [5.41, 5.74) is 0.763. The van der Waals surface area contributed by atoms with E-state index in [1.807, 2.05) is 37.8 Å². The minimum absolute atomic E-state index is 0.217. The van der Waals surface area contributed by atoms with E-state index in [1.165, 1.54) is 5.56 Å². The van der Waals surface area contributed by atoms with E-state index in [0.717, 1.165) is 25.1 Å². The second kappa shape index (κ2) is 7.88. The molecule has 0 bridgehead atoms. The Morgan fingerprint density at radius 2 is 1.96 bits per heavy atom. The van der Waals surface area contributed by atoms with Crippen LogP contribution in [0.1, 0.15) is 52.1 Å². The molecule has 2 rings (SSSR count). The lowest BCUT2D eigenvalue weighted by atomic mass is 10.0. The summed E-state index contributed by atoms with van der Waals surface area (Å²) in [6.07, 6.45) is 1.84. The van der Waals surface area contributed by atoms with Crippen LogP contribution < -0.4 is 10.1 Å². The number of carbonyl (C=O) groups excluding carboxylic acids is 1. The van der Waals surface area contributed by atoms with Crippen LogP contribution in [0.25, 0.3) is 0 Å². The monoisotopic (exact) mass is 334 g/mol. The lowest BCUT2D eigenvalue weighted by Crippen LogP contribution is -2.49. The van der Waals surface area contributed by atoms with Crippen LogP contribution in [0.5, 0.6) is 5.75 Å². The molecule has 2 atom stereocenters. The third-order valence-corrected chi connectivity index (χ3v) is 4.17. The summed E-state index contributed by atoms with van der Waals surface area (Å²) < 4.78 is 10.7. The first kappa shape index (κ1) is 18.6. The van der Waals surface area contributed by atoms with Crippen LogP contribution in [0.3, 0.4) is 0 Å². The molecular formula is C19H30N2O3. The average molecular weight is 334 g/mol. The van der Waals surface area contributed by atoms with Gasteiger partial charge in [-0.2, -0.15) is 0 Å². The maximum Gasteiger partial charge on any atom is 0.410 e. The number of methoxy groups -OCH3 is 1. The van der Waals surface area contributed by atoms with Gasteiger partial charge >= 0.3 is 6.09 Å². The highest BCUT2D eigenvalue weighted by Gasteiger charge is 2.28. The van der Waals surface area contributed by atoms with E-state index in [0.29, 0.717) is 6.54 Å². The van der Waals surface area contributed by atoms with Gasteiger partial charge in [-0.15, -0.1) is 0 Å². The number of piperidine rings is 1. The van der Waals surface area contributed by atoms with Crippen LogP contribution in [0.15, 0.2) is 24.3 Å². The summed E-state index contributed by atoms with van der Waals surface area (Å²) in [4.78, 5) is 14.1. The molecule has 1 aliphatic rings. The quantitative estimate of drug-likeness (QED) is 0.911. The minimum atomic E-state index is -0.451. The van der Waals surface area contributed by atoms with Gasteiger partial charge in [0.05, 0.1) is 7.11 Å². The molecule has 1 N–H and O–H groups in total. The molecule has 1 amide bonds. The van der Waals surface area contributed by atoms with Crippen molar-refractivity contribution in [3.8, 4) is 5.75 Å². The summed E-state index contributed by atoms with van der Waals surface area (Å²) >= 11 is 0. The molecule has 5 heteroatoms. The molecule has 0 saturated carbocycles. The van der Waals surface area contributed by atoms with Crippen molar-refractivity contribution in [1.82, 2.24) is 10.2 Å². The maximum atomic E-state index is 12.2. The molecule has 0 spiro atoms. The van der Waals surface area contributed by atoms with E-state index in [4.69, 9.17) is 9.47 Å². The van der Waals surface area contributed by atoms with Crippen molar-refractivity contribution < 1.29 is 14.3 Å². The zero-order chi connectivity index (χ0) is 17.7. The van der Waals surface area contributed by atoms with Crippen molar-refractivity contribution >= 4 is 6.09 Å². The van der Waals surface area contributed by atoms with E-state index in [-0.39, 0.29) is 18.2 Å². The predicted molar refractivity (Wildman–Crippen MR) is 95.4 cm³/mol. The predicted octanol–water partition coefficient (Wildman–Crippen LogP) is 3.75. The molecule has 1 fully saturated rings. The molecule has 0 aromatic heterocycles. The molecule has 1 heterocycles. The summed E-state index contributed by atoms with van der Waals surface area (Å²) in [5, 5.41) is 3.63. The number of carbonyl (C=O) groups is 1. The third kappa shape index (κ3) is 5.41. The SMILES string of the molecule is COc1ccc([C@@H](C)N[C@@H]2CCCN(C(=O)OC(C)(C)C)C2)cc1. The number of nitrogens with one attached hydrogen (secondary N) is 1. The number of amides is 1. The Labute approximate surface area is 145 Å². The van der Waals surface area contributed by atoms with E-state index >= 15 is 0 Å². The van der Waals surface area contributed by atoms with Crippen LogP contribution >= 0.6 is 0 Å². The fraction of sp³-hybridized carbons (Fsp3) is 0.632. The van der Waals surface area contributed by atoms with Crippen molar-refractivity contribution in [3.63, 3.8) is 0 Å². The van der Waals surface area contributed by atoms with Crippen LogP contribution in [-0.2, 0) is 4.74 Å². The zero-order valence-corrected chi connectivity index (χ0v) is 15.5. The topological polar surface area (TPSA) is 50.8 Å². The molecular weight excluding hydrogens is 304 g/mol. The Hall–Kier alpha value is -1.75. The summed E-state index contributed by atoms with van der Waals surface area (Å²) in [6, 6.07) is 8.60. The fourth-order valence-corrected chi connectivity index (χ4v) is 2.95. The molecule has 5 nitrogen and oxygen atoms in total. The van der Waals surface area contributed by atoms with Gasteiger partial charge in [-0.25, -0.2) is 4.79 Å². The number of benzene rings is 1. The third-order valence-electron chi connectivity index (χ3n) is 4.17. The Balaban J connectivity index is 1.90. The van der Waals surface area contributed by atoms with Crippen molar-refractivity contribution in [2.45, 2.75) is 58.2 Å². The second-order valence-electron chi connectivity index (χ2n) is 7.43. The zero-order valence-electron chi connectivity index (χ0n) is 15.5. The number of likely N-dealkylation sites (tertiary alicyclic amines) is 1. The van der Waals surface area contributed by atoms with E-state index in [2.05, 4.69) is 24.4 Å². The van der Waals surface area contributed by atoms with Crippen LogP contribution in [0.4, 0.5) is 4.79 Å². The number of rotatable bonds is 4. The molecule has 1 aromatic rings. The Morgan fingerprint density at radius 3 is 2.54 bits per heavy atom. The number of hydrogen-bond acceptors (Lipinski definition) is 4. The highest BCUT2D eigenvalue weighted by Crippen LogP contribution is 2.21. The average Bonchev–Trinajstić information content (AvgIpc) is 2.53. The van der Waals surface area contributed by atoms with Crippen molar-refractivity contribution in [3.05, 3.63) is 29.8 Å². The van der Waals surface area contributed by atoms with Crippen LogP contribution in [0, 0.1) is 0 Å². The lowest BCUT2D eigenvalue weighted by molar-refractivity contribution is 0.0184. The lowest BCUT2D eigenvalue weighted by Gasteiger charge is -2.35. The highest BCUT2D eigenvalue weighted by molar-refractivity contribution is 5.68. The van der Waals surface area contributed by atoms with Crippen molar-refractivity contribution in [2.24, 2.45) is 0 Å². The van der Waals surface area contributed by atoms with Crippen LogP contribution in [-0.4, -0.2) is 42.8 Å². The second-order valence-corrected chi connectivity index (χ2v) is 7.43. The Bertz CT molecular complexity index is 537. The standard InChI is InChI=1S/C19H30N2O3/c1-14(15-8-10-17(23-5)11-9-15)20-16-7-6-12-21(13-16)18(22)24-19(2,3)4/h8-11,14,16,20H,6-7,12-13H2,1-5H3/t14-,16-/m1/s1. The minimum Gasteiger partial charge on any atom is -0.497 e. The normalized spacial score (nSPS) is 19.7. The number of nitrogens with zero attached hydrogens (tertiary/aromatic N) is 1.